The van der Waals surface area contributed by atoms with E-state index in [1.807, 2.05) is 24.3 Å². The van der Waals surface area contributed by atoms with Gasteiger partial charge < -0.3 is 9.16 Å². The average molecular weight is 316 g/mol. The van der Waals surface area contributed by atoms with Gasteiger partial charge in [0.25, 0.3) is 0 Å². The van der Waals surface area contributed by atoms with Crippen molar-refractivity contribution in [2.75, 3.05) is 7.11 Å². The van der Waals surface area contributed by atoms with E-state index in [0.29, 0.717) is 0 Å². The van der Waals surface area contributed by atoms with Gasteiger partial charge in [-0.2, -0.15) is 0 Å². The van der Waals surface area contributed by atoms with Crippen LogP contribution in [0.1, 0.15) is 26.3 Å². The Balaban J connectivity index is 2.74. The second-order valence-corrected chi connectivity index (χ2v) is 11.2. The highest BCUT2D eigenvalue weighted by Gasteiger charge is 2.38. The Morgan fingerprint density at radius 2 is 1.77 bits per heavy atom. The van der Waals surface area contributed by atoms with Crippen LogP contribution in [-0.4, -0.2) is 21.4 Å². The molecule has 0 aromatic heterocycles. The fraction of sp³-hybridized carbons (Fsp3) is 0.389. The second-order valence-electron chi connectivity index (χ2n) is 6.51. The molecule has 0 unspecified atom stereocenters. The van der Waals surface area contributed by atoms with Crippen molar-refractivity contribution in [1.29, 1.82) is 0 Å². The van der Waals surface area contributed by atoms with Crippen molar-refractivity contribution in [1.82, 2.24) is 0 Å². The van der Waals surface area contributed by atoms with E-state index in [9.17, 15) is 4.79 Å². The number of benzene rings is 1. The molecule has 1 aromatic carbocycles. The number of hydrogen-bond acceptors (Lipinski definition) is 3. The van der Waals surface area contributed by atoms with E-state index >= 15 is 0 Å². The van der Waals surface area contributed by atoms with Crippen molar-refractivity contribution >= 4 is 14.3 Å². The van der Waals surface area contributed by atoms with E-state index in [0.717, 1.165) is 11.3 Å². The number of esters is 1. The molecule has 0 saturated carbocycles. The first kappa shape index (κ1) is 18.1. The monoisotopic (exact) mass is 316 g/mol. The van der Waals surface area contributed by atoms with E-state index < -0.39 is 14.3 Å². The van der Waals surface area contributed by atoms with Crippen LogP contribution >= 0.6 is 0 Å². The number of methoxy groups -OCH3 is 1. The van der Waals surface area contributed by atoms with Gasteiger partial charge in [0.1, 0.15) is 5.75 Å². The van der Waals surface area contributed by atoms with E-state index in [4.69, 9.17) is 4.43 Å². The maximum absolute atomic E-state index is 10.9. The molecule has 1 rings (SSSR count). The van der Waals surface area contributed by atoms with Gasteiger partial charge in [-0.25, -0.2) is 4.79 Å². The Morgan fingerprint density at radius 3 is 2.27 bits per heavy atom. The third kappa shape index (κ3) is 5.42. The highest BCUT2D eigenvalue weighted by molar-refractivity contribution is 6.74. The summed E-state index contributed by atoms with van der Waals surface area (Å²) in [6.07, 6.45) is 2.77. The summed E-state index contributed by atoms with van der Waals surface area (Å²) in [5.41, 5.74) is 0.872. The standard InChI is InChI=1S/C18H24O3Si/c1-18(2,3)22(5,6)21-16-13-11-15(12-14-16)9-7-8-10-17(19)20-4/h8,10-14H,1-6H3/b10-8+. The van der Waals surface area contributed by atoms with Crippen molar-refractivity contribution in [2.45, 2.75) is 38.9 Å². The van der Waals surface area contributed by atoms with Gasteiger partial charge in [0.15, 0.2) is 0 Å². The Labute approximate surface area is 134 Å². The van der Waals surface area contributed by atoms with E-state index in [1.165, 1.54) is 19.3 Å². The number of carbonyl (C=O) groups excluding carboxylic acids is 1. The van der Waals surface area contributed by atoms with Crippen LogP contribution in [0.2, 0.25) is 18.1 Å². The summed E-state index contributed by atoms with van der Waals surface area (Å²) >= 11 is 0. The molecular formula is C18H24O3Si. The Hall–Kier alpha value is -1.99. The maximum atomic E-state index is 10.9. The molecule has 0 fully saturated rings. The quantitative estimate of drug-likeness (QED) is 0.364. The zero-order valence-corrected chi connectivity index (χ0v) is 15.2. The highest BCUT2D eigenvalue weighted by atomic mass is 28.4. The van der Waals surface area contributed by atoms with Gasteiger partial charge in [-0.1, -0.05) is 32.6 Å². The van der Waals surface area contributed by atoms with Gasteiger partial charge in [0, 0.05) is 11.6 Å². The molecule has 0 bridgehead atoms. The number of rotatable bonds is 3. The summed E-state index contributed by atoms with van der Waals surface area (Å²) in [4.78, 5) is 10.9. The maximum Gasteiger partial charge on any atom is 0.331 e. The molecule has 0 N–H and O–H groups in total. The summed E-state index contributed by atoms with van der Waals surface area (Å²) in [6.45, 7) is 11.1. The summed E-state index contributed by atoms with van der Waals surface area (Å²) in [6, 6.07) is 7.71. The molecule has 0 atom stereocenters. The lowest BCUT2D eigenvalue weighted by Crippen LogP contribution is -2.43. The zero-order valence-electron chi connectivity index (χ0n) is 14.2. The van der Waals surface area contributed by atoms with Crippen molar-refractivity contribution in [3.05, 3.63) is 42.0 Å². The number of ether oxygens (including phenoxy) is 1. The molecule has 118 valence electrons. The number of hydrogen-bond donors (Lipinski definition) is 0. The minimum Gasteiger partial charge on any atom is -0.544 e. The molecule has 3 nitrogen and oxygen atoms in total. The molecule has 1 aromatic rings. The zero-order chi connectivity index (χ0) is 16.8. The Morgan fingerprint density at radius 1 is 1.18 bits per heavy atom. The van der Waals surface area contributed by atoms with Gasteiger partial charge in [0.05, 0.1) is 7.11 Å². The fourth-order valence-corrected chi connectivity index (χ4v) is 2.39. The van der Waals surface area contributed by atoms with E-state index in [1.54, 1.807) is 0 Å². The molecule has 0 aliphatic heterocycles. The van der Waals surface area contributed by atoms with Gasteiger partial charge in [-0.05, 0) is 48.5 Å². The van der Waals surface area contributed by atoms with Gasteiger partial charge in [-0.3, -0.25) is 0 Å². The summed E-state index contributed by atoms with van der Waals surface area (Å²) < 4.78 is 10.7. The largest absolute Gasteiger partial charge is 0.544 e. The predicted molar refractivity (Wildman–Crippen MR) is 92.3 cm³/mol. The van der Waals surface area contributed by atoms with Gasteiger partial charge in [-0.15, -0.1) is 0 Å². The SMILES string of the molecule is COC(=O)/C=C/C#Cc1ccc(O[Si](C)(C)C(C)(C)C)cc1. The average Bonchev–Trinajstić information content (AvgIpc) is 2.43. The molecule has 0 saturated heterocycles. The first-order valence-corrected chi connectivity index (χ1v) is 10.1. The van der Waals surface area contributed by atoms with Crippen LogP contribution in [0.15, 0.2) is 36.4 Å². The van der Waals surface area contributed by atoms with E-state index in [2.05, 4.69) is 50.4 Å². The molecule has 22 heavy (non-hydrogen) atoms. The van der Waals surface area contributed by atoms with Gasteiger partial charge >= 0.3 is 5.97 Å². The molecular weight excluding hydrogens is 292 g/mol. The van der Waals surface area contributed by atoms with Crippen LogP contribution in [0, 0.1) is 11.8 Å². The first-order valence-electron chi connectivity index (χ1n) is 7.21. The highest BCUT2D eigenvalue weighted by Crippen LogP contribution is 2.37. The van der Waals surface area contributed by atoms with E-state index in [-0.39, 0.29) is 5.04 Å². The lowest BCUT2D eigenvalue weighted by Gasteiger charge is -2.36. The molecule has 0 amide bonds. The third-order valence-electron chi connectivity index (χ3n) is 3.75. The van der Waals surface area contributed by atoms with Crippen LogP contribution in [0.5, 0.6) is 5.75 Å². The van der Waals surface area contributed by atoms with Crippen LogP contribution in [0.4, 0.5) is 0 Å². The minimum atomic E-state index is -1.81. The fourth-order valence-electron chi connectivity index (χ4n) is 1.36. The first-order chi connectivity index (χ1) is 10.2. The summed E-state index contributed by atoms with van der Waals surface area (Å²) in [5, 5.41) is 0.171. The summed E-state index contributed by atoms with van der Waals surface area (Å²) in [5.74, 6) is 6.22. The van der Waals surface area contributed by atoms with Crippen molar-refractivity contribution in [2.24, 2.45) is 0 Å². The topological polar surface area (TPSA) is 35.5 Å². The minimum absolute atomic E-state index is 0.171. The van der Waals surface area contributed by atoms with Crippen molar-refractivity contribution in [3.8, 4) is 17.6 Å². The summed E-state index contributed by atoms with van der Waals surface area (Å²) in [7, 11) is -0.475. The molecule has 0 aliphatic rings. The second kappa shape index (κ2) is 7.32. The predicted octanol–water partition coefficient (Wildman–Crippen LogP) is 4.15. The van der Waals surface area contributed by atoms with Crippen LogP contribution in [0.3, 0.4) is 0 Å². The smallest absolute Gasteiger partial charge is 0.331 e. The van der Waals surface area contributed by atoms with Crippen molar-refractivity contribution < 1.29 is 14.0 Å². The molecule has 4 heteroatoms. The number of carbonyl (C=O) groups is 1. The normalized spacial score (nSPS) is 11.7. The molecule has 0 heterocycles. The van der Waals surface area contributed by atoms with Crippen LogP contribution in [-0.2, 0) is 9.53 Å². The Bertz CT molecular complexity index is 596. The van der Waals surface area contributed by atoms with Gasteiger partial charge in [0.2, 0.25) is 8.32 Å². The molecule has 0 aliphatic carbocycles. The molecule has 0 radical (unpaired) electrons. The lowest BCUT2D eigenvalue weighted by atomic mass is 10.2. The Kier molecular flexibility index (Phi) is 6.01. The molecule has 0 spiro atoms. The number of allylic oxidation sites excluding steroid dienone is 1. The lowest BCUT2D eigenvalue weighted by molar-refractivity contribution is -0.134. The van der Waals surface area contributed by atoms with Crippen molar-refractivity contribution in [3.63, 3.8) is 0 Å². The van der Waals surface area contributed by atoms with Crippen LogP contribution < -0.4 is 4.43 Å². The van der Waals surface area contributed by atoms with Crippen LogP contribution in [0.25, 0.3) is 0 Å². The third-order valence-corrected chi connectivity index (χ3v) is 8.11.